The number of amides is 1. The quantitative estimate of drug-likeness (QED) is 0.875. The van der Waals surface area contributed by atoms with E-state index < -0.39 is 5.91 Å². The Balaban J connectivity index is 1.68. The molecule has 2 aromatic heterocycles. The van der Waals surface area contributed by atoms with Crippen molar-refractivity contribution in [3.8, 4) is 5.88 Å². The number of aromatic nitrogens is 4. The maximum atomic E-state index is 11.8. The van der Waals surface area contributed by atoms with Crippen molar-refractivity contribution >= 4 is 11.9 Å². The van der Waals surface area contributed by atoms with Crippen molar-refractivity contribution in [1.82, 2.24) is 20.2 Å². The minimum absolute atomic E-state index is 0.0736. The summed E-state index contributed by atoms with van der Waals surface area (Å²) in [5, 5.41) is 10.1. The summed E-state index contributed by atoms with van der Waals surface area (Å²) in [5.41, 5.74) is 0.145. The first-order chi connectivity index (χ1) is 9.26. The van der Waals surface area contributed by atoms with Gasteiger partial charge in [-0.2, -0.15) is 0 Å². The molecule has 8 heteroatoms. The highest BCUT2D eigenvalue weighted by Gasteiger charge is 2.29. The van der Waals surface area contributed by atoms with Crippen LogP contribution < -0.4 is 10.1 Å². The van der Waals surface area contributed by atoms with Crippen LogP contribution in [0.1, 0.15) is 35.1 Å². The van der Waals surface area contributed by atoms with E-state index in [4.69, 9.17) is 9.15 Å². The van der Waals surface area contributed by atoms with Gasteiger partial charge in [0.25, 0.3) is 5.91 Å². The molecule has 19 heavy (non-hydrogen) atoms. The lowest BCUT2D eigenvalue weighted by Gasteiger charge is -2.00. The van der Waals surface area contributed by atoms with Crippen molar-refractivity contribution in [2.75, 3.05) is 12.4 Å². The molecule has 1 fully saturated rings. The van der Waals surface area contributed by atoms with E-state index in [-0.39, 0.29) is 11.7 Å². The van der Waals surface area contributed by atoms with E-state index in [0.717, 1.165) is 12.8 Å². The number of ether oxygens (including phenoxy) is 1. The molecule has 1 N–H and O–H groups in total. The lowest BCUT2D eigenvalue weighted by atomic mass is 10.4. The van der Waals surface area contributed by atoms with Gasteiger partial charge in [0.15, 0.2) is 0 Å². The Labute approximate surface area is 108 Å². The Kier molecular flexibility index (Phi) is 2.82. The number of nitrogens with zero attached hydrogens (tertiary/aromatic N) is 4. The Bertz CT molecular complexity index is 591. The first kappa shape index (κ1) is 11.6. The van der Waals surface area contributed by atoms with Crippen LogP contribution in [-0.4, -0.2) is 33.2 Å². The summed E-state index contributed by atoms with van der Waals surface area (Å²) in [6.07, 6.45) is 4.78. The molecule has 0 bridgehead atoms. The summed E-state index contributed by atoms with van der Waals surface area (Å²) in [4.78, 5) is 19.6. The molecule has 0 atom stereocenters. The molecule has 1 aliphatic rings. The normalized spacial score (nSPS) is 14.2. The van der Waals surface area contributed by atoms with Crippen LogP contribution in [0, 0.1) is 0 Å². The van der Waals surface area contributed by atoms with Crippen molar-refractivity contribution in [2.45, 2.75) is 18.8 Å². The zero-order valence-corrected chi connectivity index (χ0v) is 10.2. The smallest absolute Gasteiger partial charge is 0.322 e. The van der Waals surface area contributed by atoms with Crippen molar-refractivity contribution in [2.24, 2.45) is 0 Å². The highest BCUT2D eigenvalue weighted by molar-refractivity contribution is 6.01. The molecule has 0 aliphatic heterocycles. The summed E-state index contributed by atoms with van der Waals surface area (Å²) < 4.78 is 10.2. The SMILES string of the molecule is COc1cnc(C(=O)Nc2nnc(C3CC3)o2)cn1. The third-order valence-corrected chi connectivity index (χ3v) is 2.66. The van der Waals surface area contributed by atoms with Gasteiger partial charge >= 0.3 is 6.01 Å². The predicted octanol–water partition coefficient (Wildman–Crippen LogP) is 0.998. The number of carbonyl (C=O) groups excluding carboxylic acids is 1. The van der Waals surface area contributed by atoms with Crippen LogP contribution in [-0.2, 0) is 0 Å². The summed E-state index contributed by atoms with van der Waals surface area (Å²) in [6.45, 7) is 0. The summed E-state index contributed by atoms with van der Waals surface area (Å²) in [6, 6.07) is 0.0736. The predicted molar refractivity (Wildman–Crippen MR) is 62.8 cm³/mol. The molecule has 0 unspecified atom stereocenters. The Morgan fingerprint density at radius 3 is 2.84 bits per heavy atom. The number of rotatable bonds is 4. The van der Waals surface area contributed by atoms with Gasteiger partial charge in [-0.1, -0.05) is 5.10 Å². The number of nitrogens with one attached hydrogen (secondary N) is 1. The van der Waals surface area contributed by atoms with E-state index >= 15 is 0 Å². The highest BCUT2D eigenvalue weighted by atomic mass is 16.5. The van der Waals surface area contributed by atoms with E-state index in [9.17, 15) is 4.79 Å². The van der Waals surface area contributed by atoms with E-state index in [1.165, 1.54) is 19.5 Å². The number of anilines is 1. The van der Waals surface area contributed by atoms with Crippen LogP contribution in [0.2, 0.25) is 0 Å². The molecule has 1 aliphatic carbocycles. The molecule has 0 saturated heterocycles. The van der Waals surface area contributed by atoms with Crippen molar-refractivity contribution < 1.29 is 13.9 Å². The second-order valence-electron chi connectivity index (χ2n) is 4.12. The fraction of sp³-hybridized carbons (Fsp3) is 0.364. The summed E-state index contributed by atoms with van der Waals surface area (Å²) in [7, 11) is 1.47. The standard InChI is InChI=1S/C11H11N5O3/c1-18-8-5-12-7(4-13-8)9(17)14-11-16-15-10(19-11)6-2-3-6/h4-6H,2-3H2,1H3,(H,14,16,17). The summed E-state index contributed by atoms with van der Waals surface area (Å²) in [5.74, 6) is 0.793. The zero-order chi connectivity index (χ0) is 13.2. The van der Waals surface area contributed by atoms with Crippen LogP contribution in [0.3, 0.4) is 0 Å². The maximum Gasteiger partial charge on any atom is 0.322 e. The Morgan fingerprint density at radius 1 is 1.37 bits per heavy atom. The van der Waals surface area contributed by atoms with Crippen LogP contribution in [0.5, 0.6) is 5.88 Å². The lowest BCUT2D eigenvalue weighted by molar-refractivity contribution is 0.101. The molecule has 1 amide bonds. The molecule has 0 aromatic carbocycles. The number of hydrogen-bond donors (Lipinski definition) is 1. The Morgan fingerprint density at radius 2 is 2.21 bits per heavy atom. The summed E-state index contributed by atoms with van der Waals surface area (Å²) >= 11 is 0. The number of hydrogen-bond acceptors (Lipinski definition) is 7. The third-order valence-electron chi connectivity index (χ3n) is 2.66. The largest absolute Gasteiger partial charge is 0.480 e. The van der Waals surface area contributed by atoms with Gasteiger partial charge in [0.1, 0.15) is 5.69 Å². The molecule has 0 radical (unpaired) electrons. The molecule has 2 heterocycles. The van der Waals surface area contributed by atoms with Gasteiger partial charge in [-0.3, -0.25) is 10.1 Å². The van der Waals surface area contributed by atoms with Crippen molar-refractivity contribution in [3.05, 3.63) is 24.0 Å². The average molecular weight is 261 g/mol. The molecule has 0 spiro atoms. The van der Waals surface area contributed by atoms with Crippen LogP contribution >= 0.6 is 0 Å². The van der Waals surface area contributed by atoms with Gasteiger partial charge in [-0.25, -0.2) is 9.97 Å². The van der Waals surface area contributed by atoms with Gasteiger partial charge in [-0.15, -0.1) is 5.10 Å². The lowest BCUT2D eigenvalue weighted by Crippen LogP contribution is -2.14. The van der Waals surface area contributed by atoms with Crippen LogP contribution in [0.25, 0.3) is 0 Å². The van der Waals surface area contributed by atoms with Crippen molar-refractivity contribution in [1.29, 1.82) is 0 Å². The molecule has 2 aromatic rings. The van der Waals surface area contributed by atoms with Gasteiger partial charge in [0.2, 0.25) is 11.8 Å². The molecular formula is C11H11N5O3. The molecular weight excluding hydrogens is 250 g/mol. The monoisotopic (exact) mass is 261 g/mol. The zero-order valence-electron chi connectivity index (χ0n) is 10.2. The van der Waals surface area contributed by atoms with Crippen LogP contribution in [0.4, 0.5) is 6.01 Å². The fourth-order valence-electron chi connectivity index (χ4n) is 1.48. The first-order valence-corrected chi connectivity index (χ1v) is 5.77. The van der Waals surface area contributed by atoms with Crippen molar-refractivity contribution in [3.63, 3.8) is 0 Å². The fourth-order valence-corrected chi connectivity index (χ4v) is 1.48. The number of carbonyl (C=O) groups is 1. The third kappa shape index (κ3) is 2.51. The molecule has 1 saturated carbocycles. The van der Waals surface area contributed by atoms with Gasteiger partial charge in [-0.05, 0) is 12.8 Å². The second kappa shape index (κ2) is 4.63. The first-order valence-electron chi connectivity index (χ1n) is 5.77. The van der Waals surface area contributed by atoms with Crippen LogP contribution in [0.15, 0.2) is 16.8 Å². The van der Waals surface area contributed by atoms with Gasteiger partial charge in [0.05, 0.1) is 19.5 Å². The topological polar surface area (TPSA) is 103 Å². The molecule has 98 valence electrons. The molecule has 3 rings (SSSR count). The Hall–Kier alpha value is -2.51. The minimum Gasteiger partial charge on any atom is -0.480 e. The minimum atomic E-state index is -0.457. The molecule has 8 nitrogen and oxygen atoms in total. The maximum absolute atomic E-state index is 11.8. The van der Waals surface area contributed by atoms with Gasteiger partial charge < -0.3 is 9.15 Å². The second-order valence-corrected chi connectivity index (χ2v) is 4.12. The van der Waals surface area contributed by atoms with E-state index in [0.29, 0.717) is 17.7 Å². The average Bonchev–Trinajstić information content (AvgIpc) is 3.20. The van der Waals surface area contributed by atoms with E-state index in [1.54, 1.807) is 0 Å². The van der Waals surface area contributed by atoms with Gasteiger partial charge in [0, 0.05) is 5.92 Å². The van der Waals surface area contributed by atoms with E-state index in [1.807, 2.05) is 0 Å². The number of methoxy groups -OCH3 is 1. The van der Waals surface area contributed by atoms with E-state index in [2.05, 4.69) is 25.5 Å². The highest BCUT2D eigenvalue weighted by Crippen LogP contribution is 2.39.